The van der Waals surface area contributed by atoms with E-state index in [-0.39, 0.29) is 41.7 Å². The van der Waals surface area contributed by atoms with Crippen LogP contribution in [0.2, 0.25) is 0 Å². The minimum Gasteiger partial charge on any atom is -0.716 e. The zero-order valence-electron chi connectivity index (χ0n) is 14.3. The molecule has 0 unspecified atom stereocenters. The van der Waals surface area contributed by atoms with Gasteiger partial charge in [-0.2, -0.15) is 0 Å². The summed E-state index contributed by atoms with van der Waals surface area (Å²) < 4.78 is 40.5. The third-order valence-electron chi connectivity index (χ3n) is 2.55. The number of nitrogens with one attached hydrogen (secondary N) is 1. The van der Waals surface area contributed by atoms with Crippen molar-refractivity contribution in [1.82, 2.24) is 5.32 Å². The average molecular weight is 383 g/mol. The molecule has 0 aliphatic carbocycles. The molecule has 1 aromatic carbocycles. The van der Waals surface area contributed by atoms with E-state index in [0.29, 0.717) is 5.56 Å². The van der Waals surface area contributed by atoms with Crippen LogP contribution in [0.15, 0.2) is 24.3 Å². The van der Waals surface area contributed by atoms with Gasteiger partial charge in [-0.05, 0) is 38.5 Å². The number of hydrogen-bond donors (Lipinski definition) is 2. The van der Waals surface area contributed by atoms with Crippen LogP contribution in [-0.2, 0) is 26.4 Å². The van der Waals surface area contributed by atoms with Gasteiger partial charge in [0.2, 0.25) is 0 Å². The van der Waals surface area contributed by atoms with E-state index in [2.05, 4.69) is 9.50 Å². The van der Waals surface area contributed by atoms with Gasteiger partial charge >= 0.3 is 41.6 Å². The van der Waals surface area contributed by atoms with E-state index in [9.17, 15) is 27.7 Å². The topological polar surface area (TPSA) is 142 Å². The van der Waals surface area contributed by atoms with Crippen LogP contribution in [0.4, 0.5) is 4.79 Å². The van der Waals surface area contributed by atoms with Gasteiger partial charge in [-0.15, -0.1) is 0 Å². The van der Waals surface area contributed by atoms with Crippen molar-refractivity contribution in [2.75, 3.05) is 0 Å². The summed E-state index contributed by atoms with van der Waals surface area (Å²) in [5.41, 5.74) is -0.287. The molecule has 0 saturated carbocycles. The van der Waals surface area contributed by atoms with Crippen molar-refractivity contribution < 1.29 is 66.1 Å². The molecule has 0 radical (unpaired) electrons. The fourth-order valence-electron chi connectivity index (χ4n) is 1.68. The Morgan fingerprint density at radius 1 is 1.24 bits per heavy atom. The van der Waals surface area contributed by atoms with Crippen molar-refractivity contribution in [3.05, 3.63) is 29.8 Å². The van der Waals surface area contributed by atoms with Crippen LogP contribution in [-0.4, -0.2) is 41.8 Å². The van der Waals surface area contributed by atoms with Crippen LogP contribution < -0.4 is 39.1 Å². The van der Waals surface area contributed by atoms with E-state index < -0.39 is 34.1 Å². The van der Waals surface area contributed by atoms with Crippen molar-refractivity contribution in [3.8, 4) is 5.75 Å². The SMILES string of the molecule is CC(C)(C)OC(=O)N[C@@H](Cc1ccc(OS(=O)(=O)[O-])cc1)C(=O)O.[Na+]. The standard InChI is InChI=1S/C14H19NO8S.Na/c1-14(2,3)22-13(18)15-11(12(16)17)8-9-4-6-10(7-5-9)23-24(19,20)21;/h4-7,11H,8H2,1-3H3,(H,15,18)(H,16,17)(H,19,20,21);/q;+1/p-1/t11-;/m0./s1. The zero-order chi connectivity index (χ0) is 18.5. The minimum atomic E-state index is -4.88. The second kappa shape index (κ2) is 9.39. The quantitative estimate of drug-likeness (QED) is 0.328. The van der Waals surface area contributed by atoms with Crippen LogP contribution in [0, 0.1) is 0 Å². The molecule has 0 bridgehead atoms. The van der Waals surface area contributed by atoms with Crippen LogP contribution >= 0.6 is 0 Å². The molecule has 0 fully saturated rings. The number of amides is 1. The normalized spacial score (nSPS) is 12.5. The molecule has 0 spiro atoms. The van der Waals surface area contributed by atoms with E-state index in [1.165, 1.54) is 24.3 Å². The van der Waals surface area contributed by atoms with Crippen LogP contribution in [0.3, 0.4) is 0 Å². The van der Waals surface area contributed by atoms with Crippen molar-refractivity contribution in [1.29, 1.82) is 0 Å². The molecule has 2 N–H and O–H groups in total. The van der Waals surface area contributed by atoms with Gasteiger partial charge in [0, 0.05) is 6.42 Å². The van der Waals surface area contributed by atoms with Crippen LogP contribution in [0.5, 0.6) is 5.75 Å². The second-order valence-electron chi connectivity index (χ2n) is 5.88. The molecule has 1 amide bonds. The molecule has 11 heteroatoms. The summed E-state index contributed by atoms with van der Waals surface area (Å²) in [7, 11) is -4.88. The maximum atomic E-state index is 11.7. The number of carbonyl (C=O) groups is 2. The van der Waals surface area contributed by atoms with Crippen molar-refractivity contribution >= 4 is 22.5 Å². The van der Waals surface area contributed by atoms with E-state index in [4.69, 9.17) is 4.74 Å². The molecule has 0 heterocycles. The molecule has 0 aliphatic heterocycles. The summed E-state index contributed by atoms with van der Waals surface area (Å²) in [6.45, 7) is 4.93. The predicted molar refractivity (Wildman–Crippen MR) is 81.3 cm³/mol. The summed E-state index contributed by atoms with van der Waals surface area (Å²) >= 11 is 0. The number of aliphatic carboxylic acids is 1. The summed E-state index contributed by atoms with van der Waals surface area (Å²) in [6, 6.07) is 3.93. The monoisotopic (exact) mass is 383 g/mol. The smallest absolute Gasteiger partial charge is 0.716 e. The predicted octanol–water partition coefficient (Wildman–Crippen LogP) is -1.95. The number of alkyl carbamates (subject to hydrolysis) is 1. The third-order valence-corrected chi connectivity index (χ3v) is 2.95. The Labute approximate surface area is 167 Å². The fourth-order valence-corrected chi connectivity index (χ4v) is 2.03. The number of rotatable bonds is 6. The number of ether oxygens (including phenoxy) is 1. The maximum Gasteiger partial charge on any atom is 1.00 e. The molecular weight excluding hydrogens is 365 g/mol. The Hall–Kier alpha value is -1.33. The second-order valence-corrected chi connectivity index (χ2v) is 6.86. The Bertz CT molecular complexity index is 697. The Balaban J connectivity index is 0.00000576. The van der Waals surface area contributed by atoms with Crippen molar-refractivity contribution in [2.45, 2.75) is 38.8 Å². The first-order valence-corrected chi connectivity index (χ1v) is 8.15. The Morgan fingerprint density at radius 2 is 1.76 bits per heavy atom. The number of carbonyl (C=O) groups excluding carboxylic acids is 1. The van der Waals surface area contributed by atoms with Gasteiger partial charge in [0.15, 0.2) is 0 Å². The van der Waals surface area contributed by atoms with Gasteiger partial charge in [0.25, 0.3) is 10.4 Å². The summed E-state index contributed by atoms with van der Waals surface area (Å²) in [6.07, 6.45) is -0.939. The zero-order valence-corrected chi connectivity index (χ0v) is 17.1. The largest absolute Gasteiger partial charge is 1.00 e. The van der Waals surface area contributed by atoms with E-state index in [1.807, 2.05) is 0 Å². The first-order valence-electron chi connectivity index (χ1n) is 6.82. The van der Waals surface area contributed by atoms with Crippen LogP contribution in [0.1, 0.15) is 26.3 Å². The number of carboxylic acid groups (broad SMARTS) is 1. The molecular formula is C14H18NNaO8S. The number of hydrogen-bond acceptors (Lipinski definition) is 7. The average Bonchev–Trinajstić information content (AvgIpc) is 2.36. The van der Waals surface area contributed by atoms with Gasteiger partial charge in [-0.3, -0.25) is 0 Å². The van der Waals surface area contributed by atoms with E-state index in [0.717, 1.165) is 0 Å². The van der Waals surface area contributed by atoms with Gasteiger partial charge in [-0.25, -0.2) is 18.0 Å². The molecule has 0 aromatic heterocycles. The van der Waals surface area contributed by atoms with Crippen molar-refractivity contribution in [2.24, 2.45) is 0 Å². The summed E-state index contributed by atoms with van der Waals surface area (Å²) in [4.78, 5) is 22.9. The van der Waals surface area contributed by atoms with E-state index in [1.54, 1.807) is 20.8 Å². The molecule has 0 aliphatic rings. The number of benzene rings is 1. The Kier molecular flexibility index (Phi) is 8.89. The summed E-state index contributed by atoms with van der Waals surface area (Å²) in [5, 5.41) is 11.4. The fraction of sp³-hybridized carbons (Fsp3) is 0.429. The third kappa shape index (κ3) is 10.3. The van der Waals surface area contributed by atoms with Gasteiger partial charge in [0.1, 0.15) is 17.4 Å². The Morgan fingerprint density at radius 3 is 2.16 bits per heavy atom. The molecule has 1 rings (SSSR count). The van der Waals surface area contributed by atoms with Gasteiger partial charge in [0.05, 0.1) is 0 Å². The number of carboxylic acids is 1. The summed E-state index contributed by atoms with van der Waals surface area (Å²) in [5.74, 6) is -1.45. The molecule has 134 valence electrons. The molecule has 9 nitrogen and oxygen atoms in total. The molecule has 1 aromatic rings. The van der Waals surface area contributed by atoms with Crippen LogP contribution in [0.25, 0.3) is 0 Å². The minimum absolute atomic E-state index is 0. The van der Waals surface area contributed by atoms with E-state index >= 15 is 0 Å². The first-order chi connectivity index (χ1) is 10.9. The maximum absolute atomic E-state index is 11.7. The first kappa shape index (κ1) is 23.7. The van der Waals surface area contributed by atoms with Gasteiger partial charge in [-0.1, -0.05) is 12.1 Å². The van der Waals surface area contributed by atoms with Crippen molar-refractivity contribution in [3.63, 3.8) is 0 Å². The molecule has 0 saturated heterocycles. The van der Waals surface area contributed by atoms with Gasteiger partial charge < -0.3 is 23.9 Å². The molecule has 25 heavy (non-hydrogen) atoms. The molecule has 1 atom stereocenters.